The van der Waals surface area contributed by atoms with Crippen LogP contribution in [0.4, 0.5) is 4.79 Å². The molecule has 3 N–H and O–H groups in total. The van der Waals surface area contributed by atoms with Gasteiger partial charge < -0.3 is 39.8 Å². The van der Waals surface area contributed by atoms with Gasteiger partial charge in [0.05, 0.1) is 17.5 Å². The first-order chi connectivity index (χ1) is 23.1. The highest BCUT2D eigenvalue weighted by Crippen LogP contribution is 2.30. The maximum atomic E-state index is 13.9. The molecule has 1 aliphatic carbocycles. The first kappa shape index (κ1) is 41.1. The zero-order valence-corrected chi connectivity index (χ0v) is 30.5. The van der Waals surface area contributed by atoms with Gasteiger partial charge in [0.2, 0.25) is 11.6 Å². The predicted molar refractivity (Wildman–Crippen MR) is 185 cm³/mol. The van der Waals surface area contributed by atoms with Crippen molar-refractivity contribution in [1.29, 1.82) is 0 Å². The second-order valence-electron chi connectivity index (χ2n) is 12.7. The van der Waals surface area contributed by atoms with Crippen molar-refractivity contribution >= 4 is 29.5 Å². The number of rotatable bonds is 9. The number of allylic oxidation sites excluding steroid dienone is 4. The Morgan fingerprint density at radius 1 is 1.06 bits per heavy atom. The van der Waals surface area contributed by atoms with Crippen LogP contribution in [0.5, 0.6) is 0 Å². The molecule has 0 radical (unpaired) electrons. The van der Waals surface area contributed by atoms with E-state index in [1.165, 1.54) is 27.2 Å². The molecule has 6 atom stereocenters. The Hall–Kier alpha value is -4.07. The van der Waals surface area contributed by atoms with E-state index in [-0.39, 0.29) is 34.9 Å². The number of likely N-dealkylation sites (N-methyl/N-ethyl adjacent to an activating group) is 1. The minimum atomic E-state index is -0.839. The van der Waals surface area contributed by atoms with Crippen LogP contribution in [0.3, 0.4) is 0 Å². The Kier molecular flexibility index (Phi) is 16.6. The summed E-state index contributed by atoms with van der Waals surface area (Å²) in [4.78, 5) is 67.4. The van der Waals surface area contributed by atoms with E-state index in [4.69, 9.17) is 18.9 Å². The molecular weight excluding hydrogens is 632 g/mol. The molecule has 0 fully saturated rings. The minimum Gasteiger partial charge on any atom is -0.455 e. The first-order valence-electron chi connectivity index (χ1n) is 16.6. The van der Waals surface area contributed by atoms with Gasteiger partial charge in [0.15, 0.2) is 6.10 Å². The lowest BCUT2D eigenvalue weighted by Crippen LogP contribution is -2.42. The van der Waals surface area contributed by atoms with Gasteiger partial charge in [-0.25, -0.2) is 4.79 Å². The van der Waals surface area contributed by atoms with Gasteiger partial charge in [-0.15, -0.1) is 0 Å². The molecule has 0 spiro atoms. The summed E-state index contributed by atoms with van der Waals surface area (Å²) in [5.41, 5.74) is 1.23. The summed E-state index contributed by atoms with van der Waals surface area (Å²) < 4.78 is 23.2. The largest absolute Gasteiger partial charge is 0.455 e. The van der Waals surface area contributed by atoms with Crippen LogP contribution < -0.4 is 16.0 Å². The van der Waals surface area contributed by atoms with Gasteiger partial charge >= 0.3 is 12.1 Å². The first-order valence-corrected chi connectivity index (χ1v) is 16.6. The highest BCUT2D eigenvalue weighted by Gasteiger charge is 2.35. The molecule has 49 heavy (non-hydrogen) atoms. The fourth-order valence-corrected chi connectivity index (χ4v) is 5.72. The smallest absolute Gasteiger partial charge is 0.407 e. The van der Waals surface area contributed by atoms with Crippen molar-refractivity contribution in [2.24, 2.45) is 11.8 Å². The lowest BCUT2D eigenvalue weighted by Gasteiger charge is -2.32. The number of hydrogen-bond acceptors (Lipinski definition) is 11. The number of alkyl carbamates (subject to hydrolysis) is 1. The van der Waals surface area contributed by atoms with E-state index in [2.05, 4.69) is 16.0 Å². The number of ketones is 2. The number of hydrogen-bond donors (Lipinski definition) is 3. The van der Waals surface area contributed by atoms with Crippen molar-refractivity contribution in [3.05, 3.63) is 58.5 Å². The molecule has 2 rings (SSSR count). The van der Waals surface area contributed by atoms with Crippen molar-refractivity contribution in [1.82, 2.24) is 20.9 Å². The summed E-state index contributed by atoms with van der Waals surface area (Å²) in [7, 11) is 6.80. The van der Waals surface area contributed by atoms with Crippen molar-refractivity contribution in [3.8, 4) is 0 Å². The minimum absolute atomic E-state index is 0.121. The maximum absolute atomic E-state index is 13.9. The SMILES string of the molecule is CCNC(=O)O[C@H]1[C@H](C)/C=C(\C)[C@@H](OC(C)=O)[C@H](OC)/C=C\C=C(/C)C(=O)NC2=CC(=O)C(NCCN(C)C)=C(C[C@H](C)C[C@H]1OC)C2=O. The van der Waals surface area contributed by atoms with E-state index < -0.39 is 59.9 Å². The fourth-order valence-electron chi connectivity index (χ4n) is 5.72. The summed E-state index contributed by atoms with van der Waals surface area (Å²) in [5.74, 6) is -2.64. The maximum Gasteiger partial charge on any atom is 0.407 e. The van der Waals surface area contributed by atoms with Crippen LogP contribution in [0, 0.1) is 11.8 Å². The van der Waals surface area contributed by atoms with Crippen LogP contribution in [0.15, 0.2) is 58.5 Å². The highest BCUT2D eigenvalue weighted by molar-refractivity contribution is 6.23. The van der Waals surface area contributed by atoms with E-state index in [0.717, 1.165) is 6.08 Å². The quantitative estimate of drug-likeness (QED) is 0.186. The summed E-state index contributed by atoms with van der Waals surface area (Å²) in [6.45, 7) is 11.6. The Morgan fingerprint density at radius 3 is 2.35 bits per heavy atom. The van der Waals surface area contributed by atoms with E-state index >= 15 is 0 Å². The molecule has 1 heterocycles. The third kappa shape index (κ3) is 12.4. The lowest BCUT2D eigenvalue weighted by atomic mass is 9.85. The topological polar surface area (TPSA) is 162 Å². The zero-order chi connectivity index (χ0) is 36.8. The number of carbonyl (C=O) groups is 5. The number of amides is 2. The van der Waals surface area contributed by atoms with Crippen LogP contribution >= 0.6 is 0 Å². The van der Waals surface area contributed by atoms with Crippen LogP contribution in [-0.2, 0) is 38.1 Å². The molecule has 0 saturated carbocycles. The molecular formula is C36H54N4O9. The van der Waals surface area contributed by atoms with Crippen LogP contribution in [0.25, 0.3) is 0 Å². The van der Waals surface area contributed by atoms with Crippen molar-refractivity contribution in [2.75, 3.05) is 47.9 Å². The Bertz CT molecular complexity index is 1380. The van der Waals surface area contributed by atoms with Gasteiger partial charge in [-0.05, 0) is 59.2 Å². The van der Waals surface area contributed by atoms with Crippen molar-refractivity contribution in [2.45, 2.75) is 78.8 Å². The van der Waals surface area contributed by atoms with E-state index in [9.17, 15) is 24.0 Å². The lowest BCUT2D eigenvalue weighted by molar-refractivity contribution is -0.149. The average Bonchev–Trinajstić information content (AvgIpc) is 3.02. The third-order valence-corrected chi connectivity index (χ3v) is 8.23. The molecule has 0 saturated heterocycles. The highest BCUT2D eigenvalue weighted by atomic mass is 16.6. The van der Waals surface area contributed by atoms with Crippen LogP contribution in [0.2, 0.25) is 0 Å². The number of esters is 1. The zero-order valence-electron chi connectivity index (χ0n) is 30.5. The van der Waals surface area contributed by atoms with Gasteiger partial charge in [-0.1, -0.05) is 38.2 Å². The van der Waals surface area contributed by atoms with Gasteiger partial charge in [0.1, 0.15) is 12.2 Å². The van der Waals surface area contributed by atoms with E-state index in [1.54, 1.807) is 32.9 Å². The van der Waals surface area contributed by atoms with E-state index in [1.807, 2.05) is 38.9 Å². The number of nitrogens with zero attached hydrogens (tertiary/aromatic N) is 1. The number of Topliss-reactive ketones (excluding diaryl/α,β-unsaturated/α-hetero) is 1. The predicted octanol–water partition coefficient (Wildman–Crippen LogP) is 3.13. The summed E-state index contributed by atoms with van der Waals surface area (Å²) >= 11 is 0. The fraction of sp³-hybridized carbons (Fsp3) is 0.583. The van der Waals surface area contributed by atoms with Crippen molar-refractivity contribution < 1.29 is 42.9 Å². The summed E-state index contributed by atoms with van der Waals surface area (Å²) in [6, 6.07) is 0. The number of carbonyl (C=O) groups excluding carboxylic acids is 5. The van der Waals surface area contributed by atoms with E-state index in [0.29, 0.717) is 31.6 Å². The third-order valence-electron chi connectivity index (χ3n) is 8.23. The van der Waals surface area contributed by atoms with Crippen LogP contribution in [0.1, 0.15) is 54.4 Å². The van der Waals surface area contributed by atoms with Gasteiger partial charge in [0.25, 0.3) is 5.91 Å². The number of nitrogens with one attached hydrogen (secondary N) is 3. The molecule has 0 aromatic rings. The monoisotopic (exact) mass is 686 g/mol. The summed E-state index contributed by atoms with van der Waals surface area (Å²) in [6.07, 6.45) is 4.67. The van der Waals surface area contributed by atoms with Crippen LogP contribution in [-0.4, -0.2) is 107 Å². The normalized spacial score (nSPS) is 28.8. The molecule has 2 aliphatic rings. The summed E-state index contributed by atoms with van der Waals surface area (Å²) in [5, 5.41) is 8.43. The Balaban J connectivity index is 2.72. The second kappa shape index (κ2) is 19.8. The van der Waals surface area contributed by atoms with Gasteiger partial charge in [-0.3, -0.25) is 19.2 Å². The number of fused-ring (bicyclic) bond motifs is 2. The molecule has 0 unspecified atom stereocenters. The number of ether oxygens (including phenoxy) is 4. The molecule has 2 amide bonds. The molecule has 0 aromatic carbocycles. The molecule has 2 bridgehead atoms. The molecule has 272 valence electrons. The van der Waals surface area contributed by atoms with Gasteiger partial charge in [-0.2, -0.15) is 0 Å². The molecule has 13 nitrogen and oxygen atoms in total. The van der Waals surface area contributed by atoms with Gasteiger partial charge in [0, 0.05) is 63.9 Å². The molecule has 1 aliphatic heterocycles. The Labute approximate surface area is 290 Å². The average molecular weight is 687 g/mol. The molecule has 0 aromatic heterocycles. The second-order valence-corrected chi connectivity index (χ2v) is 12.7. The molecule has 13 heteroatoms. The standard InChI is InChI=1S/C36H54N4O9/c1-11-37-36(45)49-34-24(5)19-23(4)33(48-25(6)41)29(46-9)14-12-13-22(3)35(44)39-27-20-28(42)31(38-15-16-40(7)8)26(32(27)43)17-21(2)18-30(34)47-10/h12-14,19-21,24,29-30,33-34,38H,11,15-18H2,1-10H3,(H,37,45)(H,39,44)/b14-12-,22-13+,23-19+/t21-,24+,29+,30+,33+,34-/m0/s1. The number of methoxy groups -OCH3 is 2. The Morgan fingerprint density at radius 2 is 1.76 bits per heavy atom. The van der Waals surface area contributed by atoms with Crippen molar-refractivity contribution in [3.63, 3.8) is 0 Å².